The summed E-state index contributed by atoms with van der Waals surface area (Å²) in [5, 5.41) is 35.9. The molecule has 4 aliphatic carbocycles. The van der Waals surface area contributed by atoms with Gasteiger partial charge in [0.05, 0.1) is 23.4 Å². The first kappa shape index (κ1) is 29.7. The Morgan fingerprint density at radius 1 is 1.13 bits per heavy atom. The lowest BCUT2D eigenvalue weighted by atomic mass is 9.46. The van der Waals surface area contributed by atoms with Gasteiger partial charge in [-0.15, -0.1) is 0 Å². The molecule has 0 amide bonds. The van der Waals surface area contributed by atoms with Crippen molar-refractivity contribution in [2.24, 2.45) is 40.4 Å². The molecule has 5 aliphatic rings. The van der Waals surface area contributed by atoms with Gasteiger partial charge in [-0.3, -0.25) is 4.79 Å². The van der Waals surface area contributed by atoms with Gasteiger partial charge >= 0.3 is 0 Å². The van der Waals surface area contributed by atoms with E-state index in [9.17, 15) is 20.1 Å². The van der Waals surface area contributed by atoms with E-state index in [4.69, 9.17) is 14.2 Å². The molecule has 0 aromatic heterocycles. The van der Waals surface area contributed by atoms with Crippen molar-refractivity contribution in [1.82, 2.24) is 0 Å². The standard InChI is InChI=1S/C32H52O7/c1-19-18-39-27(20(19)2)28(34)31(5,35)26-10-13-32(36)23-17-25(33)24-16-21(38-15-7-14-37-6)8-11-29(24,3)22(23)9-12-30(26,32)4/h17,19-22,24,26-28,34-36H,7-16,18H2,1-6H3/t19-,20+,21-,22-,24-,26-,27-,28+,29+,30+,31-,32+/m0/s1. The van der Waals surface area contributed by atoms with E-state index in [1.54, 1.807) is 20.1 Å². The van der Waals surface area contributed by atoms with Crippen molar-refractivity contribution in [3.8, 4) is 0 Å². The van der Waals surface area contributed by atoms with E-state index >= 15 is 0 Å². The van der Waals surface area contributed by atoms with Crippen LogP contribution in [0.2, 0.25) is 0 Å². The minimum atomic E-state index is -1.42. The predicted molar refractivity (Wildman–Crippen MR) is 148 cm³/mol. The van der Waals surface area contributed by atoms with Crippen molar-refractivity contribution in [3.05, 3.63) is 11.6 Å². The van der Waals surface area contributed by atoms with E-state index in [-0.39, 0.29) is 41.0 Å². The number of carbonyl (C=O) groups is 1. The van der Waals surface area contributed by atoms with Crippen LogP contribution in [0.3, 0.4) is 0 Å². The Labute approximate surface area is 234 Å². The molecule has 222 valence electrons. The third kappa shape index (κ3) is 4.49. The van der Waals surface area contributed by atoms with Gasteiger partial charge in [0, 0.05) is 38.3 Å². The summed E-state index contributed by atoms with van der Waals surface area (Å²) in [6.07, 6.45) is 6.55. The van der Waals surface area contributed by atoms with Gasteiger partial charge in [0.15, 0.2) is 5.78 Å². The van der Waals surface area contributed by atoms with Gasteiger partial charge < -0.3 is 29.5 Å². The second-order valence-electron chi connectivity index (χ2n) is 14.4. The van der Waals surface area contributed by atoms with Crippen LogP contribution in [-0.4, -0.2) is 77.5 Å². The van der Waals surface area contributed by atoms with E-state index in [1.807, 2.05) is 0 Å². The van der Waals surface area contributed by atoms with Crippen LogP contribution in [0.25, 0.3) is 0 Å². The lowest BCUT2D eigenvalue weighted by molar-refractivity contribution is -0.193. The number of rotatable bonds is 8. The maximum atomic E-state index is 13.7. The number of allylic oxidation sites excluding steroid dienone is 1. The normalized spacial score (nSPS) is 48.1. The van der Waals surface area contributed by atoms with Crippen LogP contribution in [0.1, 0.15) is 86.0 Å². The molecular weight excluding hydrogens is 496 g/mol. The van der Waals surface area contributed by atoms with Crippen LogP contribution in [0.5, 0.6) is 0 Å². The van der Waals surface area contributed by atoms with Crippen molar-refractivity contribution in [3.63, 3.8) is 0 Å². The fraction of sp³-hybridized carbons (Fsp3) is 0.906. The van der Waals surface area contributed by atoms with E-state index < -0.39 is 28.8 Å². The summed E-state index contributed by atoms with van der Waals surface area (Å²) >= 11 is 0. The van der Waals surface area contributed by atoms with E-state index in [1.165, 1.54) is 0 Å². The largest absolute Gasteiger partial charge is 0.387 e. The molecule has 0 bridgehead atoms. The summed E-state index contributed by atoms with van der Waals surface area (Å²) in [5.74, 6) is 0.320. The molecule has 1 aliphatic heterocycles. The first-order chi connectivity index (χ1) is 18.3. The highest BCUT2D eigenvalue weighted by Gasteiger charge is 2.69. The Hall–Kier alpha value is -0.830. The molecule has 3 N–H and O–H groups in total. The molecule has 3 saturated carbocycles. The SMILES string of the molecule is COCCCO[C@H]1CC[C@@]2(C)[C@@H](C1)C(=O)C=C1[C@@H]2CC[C@]2(C)[C@@H]([C@](C)(O)[C@H](O)[C@H]3OC[C@H](C)[C@H]3C)CC[C@@]12O. The van der Waals surface area contributed by atoms with Gasteiger partial charge in [0.1, 0.15) is 6.10 Å². The monoisotopic (exact) mass is 548 g/mol. The third-order valence-electron chi connectivity index (χ3n) is 12.5. The number of hydrogen-bond donors (Lipinski definition) is 3. The van der Waals surface area contributed by atoms with Gasteiger partial charge in [-0.05, 0) is 99.0 Å². The Morgan fingerprint density at radius 2 is 1.87 bits per heavy atom. The van der Waals surface area contributed by atoms with E-state index in [0.717, 1.165) is 44.1 Å². The predicted octanol–water partition coefficient (Wildman–Crippen LogP) is 4.06. The summed E-state index contributed by atoms with van der Waals surface area (Å²) in [7, 11) is 1.69. The van der Waals surface area contributed by atoms with Crippen LogP contribution in [-0.2, 0) is 19.0 Å². The average molecular weight is 549 g/mol. The van der Waals surface area contributed by atoms with E-state index in [2.05, 4.69) is 27.7 Å². The van der Waals surface area contributed by atoms with Gasteiger partial charge in [0.25, 0.3) is 0 Å². The van der Waals surface area contributed by atoms with Crippen LogP contribution in [0.4, 0.5) is 0 Å². The lowest BCUT2D eigenvalue weighted by Crippen LogP contribution is -2.63. The maximum absolute atomic E-state index is 13.7. The quantitative estimate of drug-likeness (QED) is 0.393. The summed E-state index contributed by atoms with van der Waals surface area (Å²) in [6.45, 7) is 12.2. The van der Waals surface area contributed by atoms with Gasteiger partial charge in [-0.25, -0.2) is 0 Å². The molecule has 39 heavy (non-hydrogen) atoms. The summed E-state index contributed by atoms with van der Waals surface area (Å²) in [5.41, 5.74) is -2.55. The van der Waals surface area contributed by atoms with Crippen LogP contribution < -0.4 is 0 Å². The summed E-state index contributed by atoms with van der Waals surface area (Å²) < 4.78 is 17.2. The minimum Gasteiger partial charge on any atom is -0.387 e. The van der Waals surface area contributed by atoms with Crippen LogP contribution >= 0.6 is 0 Å². The molecule has 0 radical (unpaired) electrons. The Balaban J connectivity index is 1.38. The molecule has 4 fully saturated rings. The number of aliphatic hydroxyl groups excluding tert-OH is 1. The second kappa shape index (κ2) is 10.5. The molecule has 0 aromatic rings. The minimum absolute atomic E-state index is 0.0890. The van der Waals surface area contributed by atoms with Crippen molar-refractivity contribution in [2.75, 3.05) is 26.9 Å². The topological polar surface area (TPSA) is 105 Å². The lowest BCUT2D eigenvalue weighted by Gasteiger charge is -2.60. The fourth-order valence-corrected chi connectivity index (χ4v) is 9.65. The van der Waals surface area contributed by atoms with Gasteiger partial charge in [-0.2, -0.15) is 0 Å². The first-order valence-corrected chi connectivity index (χ1v) is 15.4. The highest BCUT2D eigenvalue weighted by atomic mass is 16.5. The number of fused-ring (bicyclic) bond motifs is 5. The van der Waals surface area contributed by atoms with Crippen molar-refractivity contribution in [2.45, 2.75) is 115 Å². The van der Waals surface area contributed by atoms with Crippen LogP contribution in [0, 0.1) is 40.4 Å². The first-order valence-electron chi connectivity index (χ1n) is 15.4. The number of ketones is 1. The number of ether oxygens (including phenoxy) is 3. The van der Waals surface area contributed by atoms with Crippen LogP contribution in [0.15, 0.2) is 11.6 Å². The number of methoxy groups -OCH3 is 1. The summed E-state index contributed by atoms with van der Waals surface area (Å²) in [4.78, 5) is 13.7. The molecule has 0 unspecified atom stereocenters. The van der Waals surface area contributed by atoms with Crippen molar-refractivity contribution < 1.29 is 34.3 Å². The Kier molecular flexibility index (Phi) is 7.96. The van der Waals surface area contributed by atoms with E-state index in [0.29, 0.717) is 38.6 Å². The third-order valence-corrected chi connectivity index (χ3v) is 12.5. The highest BCUT2D eigenvalue weighted by molar-refractivity contribution is 5.95. The summed E-state index contributed by atoms with van der Waals surface area (Å²) in [6, 6.07) is 0. The number of hydrogen-bond acceptors (Lipinski definition) is 7. The Morgan fingerprint density at radius 3 is 2.54 bits per heavy atom. The zero-order valence-electron chi connectivity index (χ0n) is 24.9. The molecule has 5 rings (SSSR count). The molecule has 0 aromatic carbocycles. The van der Waals surface area contributed by atoms with Crippen molar-refractivity contribution in [1.29, 1.82) is 0 Å². The smallest absolute Gasteiger partial charge is 0.159 e. The van der Waals surface area contributed by atoms with Gasteiger partial charge in [0.2, 0.25) is 0 Å². The number of carbonyl (C=O) groups excluding carboxylic acids is 1. The fourth-order valence-electron chi connectivity index (χ4n) is 9.65. The van der Waals surface area contributed by atoms with Gasteiger partial charge in [-0.1, -0.05) is 27.7 Å². The second-order valence-corrected chi connectivity index (χ2v) is 14.4. The zero-order valence-corrected chi connectivity index (χ0v) is 24.9. The molecule has 0 spiro atoms. The maximum Gasteiger partial charge on any atom is 0.159 e. The molecular formula is C32H52O7. The zero-order chi connectivity index (χ0) is 28.4. The highest BCUT2D eigenvalue weighted by Crippen LogP contribution is 2.68. The van der Waals surface area contributed by atoms with Crippen molar-refractivity contribution >= 4 is 5.78 Å². The molecule has 7 nitrogen and oxygen atoms in total. The number of aliphatic hydroxyl groups is 3. The molecule has 1 saturated heterocycles. The Bertz CT molecular complexity index is 962. The molecule has 1 heterocycles. The average Bonchev–Trinajstić information content (AvgIpc) is 3.37. The molecule has 7 heteroatoms. The molecule has 12 atom stereocenters.